The number of hydrazine groups is 1. The van der Waals surface area contributed by atoms with Crippen molar-refractivity contribution in [3.05, 3.63) is 63.7 Å². The van der Waals surface area contributed by atoms with E-state index in [-0.39, 0.29) is 5.69 Å². The lowest BCUT2D eigenvalue weighted by Gasteiger charge is -2.23. The second-order valence-electron chi connectivity index (χ2n) is 4.78. The van der Waals surface area contributed by atoms with Crippen LogP contribution in [-0.2, 0) is 14.8 Å². The summed E-state index contributed by atoms with van der Waals surface area (Å²) in [4.78, 5) is 21.5. The predicted octanol–water partition coefficient (Wildman–Crippen LogP) is 1.43. The van der Waals surface area contributed by atoms with E-state index in [2.05, 4.69) is 0 Å². The number of carbonyl (C=O) groups is 1. The summed E-state index contributed by atoms with van der Waals surface area (Å²) in [5.74, 6) is 4.24. The average molecular weight is 385 g/mol. The average Bonchev–Trinajstić information content (AvgIpc) is 2.60. The smallest absolute Gasteiger partial charge is 0.289 e. The van der Waals surface area contributed by atoms with E-state index in [4.69, 9.17) is 17.4 Å². The summed E-state index contributed by atoms with van der Waals surface area (Å²) in [6.45, 7) is -0.660. The van der Waals surface area contributed by atoms with E-state index in [9.17, 15) is 23.3 Å². The number of hydrogen-bond donors (Lipinski definition) is 2. The van der Waals surface area contributed by atoms with Crippen molar-refractivity contribution in [3.8, 4) is 0 Å². The molecule has 2 aromatic carbocycles. The van der Waals surface area contributed by atoms with E-state index in [1.165, 1.54) is 36.4 Å². The Morgan fingerprint density at radius 2 is 1.80 bits per heavy atom. The molecule has 0 radical (unpaired) electrons. The molecule has 0 heterocycles. The summed E-state index contributed by atoms with van der Waals surface area (Å²) in [6, 6.07) is 10.5. The predicted molar refractivity (Wildman–Crippen MR) is 91.4 cm³/mol. The third-order valence-electron chi connectivity index (χ3n) is 3.19. The molecule has 0 aliphatic carbocycles. The molecule has 0 saturated carbocycles. The Morgan fingerprint density at radius 3 is 2.36 bits per heavy atom. The van der Waals surface area contributed by atoms with Crippen LogP contribution in [0.2, 0.25) is 5.02 Å². The normalized spacial score (nSPS) is 11.0. The molecule has 0 aliphatic heterocycles. The van der Waals surface area contributed by atoms with Crippen LogP contribution in [0.25, 0.3) is 0 Å². The number of anilines is 1. The Labute approximate surface area is 148 Å². The molecule has 0 fully saturated rings. The van der Waals surface area contributed by atoms with Crippen molar-refractivity contribution in [3.63, 3.8) is 0 Å². The minimum Gasteiger partial charge on any atom is -0.293 e. The summed E-state index contributed by atoms with van der Waals surface area (Å²) in [5.41, 5.74) is 1.33. The van der Waals surface area contributed by atoms with Gasteiger partial charge in [0.05, 0.1) is 10.6 Å². The van der Waals surface area contributed by atoms with E-state index < -0.39 is 38.0 Å². The van der Waals surface area contributed by atoms with Crippen LogP contribution in [0.4, 0.5) is 11.4 Å². The monoisotopic (exact) mass is 384 g/mol. The van der Waals surface area contributed by atoms with Gasteiger partial charge in [0.1, 0.15) is 6.54 Å². The Kier molecular flexibility index (Phi) is 5.57. The molecule has 1 amide bonds. The van der Waals surface area contributed by atoms with E-state index in [0.717, 1.165) is 12.1 Å². The van der Waals surface area contributed by atoms with E-state index >= 15 is 0 Å². The van der Waals surface area contributed by atoms with Gasteiger partial charge in [-0.05, 0) is 30.3 Å². The van der Waals surface area contributed by atoms with Crippen LogP contribution in [0.1, 0.15) is 0 Å². The molecule has 11 heteroatoms. The molecular weight excluding hydrogens is 372 g/mol. The number of hydrogen-bond acceptors (Lipinski definition) is 6. The minimum atomic E-state index is -4.42. The second kappa shape index (κ2) is 7.47. The summed E-state index contributed by atoms with van der Waals surface area (Å²) < 4.78 is 26.6. The first-order valence-corrected chi connectivity index (χ1v) is 8.60. The standard InChI is InChI=1S/C14H13ClN4O5S/c15-10-5-7-11(8-6-10)18(9-14(20)17-16)25(23,24)13-4-2-1-3-12(13)19(21)22/h1-8H,9,16H2,(H,17,20). The molecule has 2 rings (SSSR count). The fourth-order valence-corrected chi connectivity index (χ4v) is 3.75. The number of nitro groups is 1. The van der Waals surface area contributed by atoms with Gasteiger partial charge < -0.3 is 0 Å². The van der Waals surface area contributed by atoms with E-state index in [0.29, 0.717) is 9.33 Å². The van der Waals surface area contributed by atoms with Crippen molar-refractivity contribution in [1.29, 1.82) is 0 Å². The van der Waals surface area contributed by atoms with E-state index in [1.807, 2.05) is 5.43 Å². The molecule has 0 atom stereocenters. The quantitative estimate of drug-likeness (QED) is 0.334. The molecule has 9 nitrogen and oxygen atoms in total. The summed E-state index contributed by atoms with van der Waals surface area (Å²) in [5, 5.41) is 11.5. The molecule has 0 unspecified atom stereocenters. The highest BCUT2D eigenvalue weighted by atomic mass is 35.5. The number of para-hydroxylation sites is 1. The first-order chi connectivity index (χ1) is 11.8. The van der Waals surface area contributed by atoms with Gasteiger partial charge in [-0.25, -0.2) is 14.3 Å². The molecule has 132 valence electrons. The van der Waals surface area contributed by atoms with E-state index in [1.54, 1.807) is 0 Å². The number of carbonyl (C=O) groups excluding carboxylic acids is 1. The van der Waals surface area contributed by atoms with Crippen LogP contribution in [0.15, 0.2) is 53.4 Å². The van der Waals surface area contributed by atoms with Crippen LogP contribution >= 0.6 is 11.6 Å². The van der Waals surface area contributed by atoms with Crippen LogP contribution in [0, 0.1) is 10.1 Å². The molecular formula is C14H13ClN4O5S. The lowest BCUT2D eigenvalue weighted by molar-refractivity contribution is -0.387. The van der Waals surface area contributed by atoms with Crippen LogP contribution in [0.3, 0.4) is 0 Å². The van der Waals surface area contributed by atoms with Gasteiger partial charge in [0.15, 0.2) is 4.90 Å². The number of amides is 1. The molecule has 3 N–H and O–H groups in total. The van der Waals surface area contributed by atoms with Crippen molar-refractivity contribution >= 4 is 38.9 Å². The first kappa shape index (κ1) is 18.6. The van der Waals surface area contributed by atoms with Crippen molar-refractivity contribution in [1.82, 2.24) is 5.43 Å². The molecule has 25 heavy (non-hydrogen) atoms. The van der Waals surface area contributed by atoms with Gasteiger partial charge in [-0.15, -0.1) is 0 Å². The second-order valence-corrected chi connectivity index (χ2v) is 7.05. The number of nitrogens with one attached hydrogen (secondary N) is 1. The zero-order chi connectivity index (χ0) is 18.6. The number of nitro benzene ring substituents is 1. The molecule has 0 aromatic heterocycles. The number of rotatable bonds is 6. The maximum atomic E-state index is 13.0. The van der Waals surface area contributed by atoms with Gasteiger partial charge in [0, 0.05) is 11.1 Å². The summed E-state index contributed by atoms with van der Waals surface area (Å²) in [6.07, 6.45) is 0. The van der Waals surface area contributed by atoms with Crippen molar-refractivity contribution in [2.75, 3.05) is 10.8 Å². The lowest BCUT2D eigenvalue weighted by atomic mass is 10.3. The third-order valence-corrected chi connectivity index (χ3v) is 5.27. The van der Waals surface area contributed by atoms with Crippen molar-refractivity contribution in [2.24, 2.45) is 5.84 Å². The van der Waals surface area contributed by atoms with Gasteiger partial charge in [0.2, 0.25) is 0 Å². The number of halogens is 1. The van der Waals surface area contributed by atoms with Gasteiger partial charge in [-0.2, -0.15) is 0 Å². The van der Waals surface area contributed by atoms with Crippen LogP contribution < -0.4 is 15.6 Å². The SMILES string of the molecule is NNC(=O)CN(c1ccc(Cl)cc1)S(=O)(=O)c1ccccc1[N+](=O)[O-]. The lowest BCUT2D eigenvalue weighted by Crippen LogP contribution is -2.43. The highest BCUT2D eigenvalue weighted by Gasteiger charge is 2.32. The Balaban J connectivity index is 2.61. The summed E-state index contributed by atoms with van der Waals surface area (Å²) in [7, 11) is -4.42. The molecule has 0 saturated heterocycles. The highest BCUT2D eigenvalue weighted by Crippen LogP contribution is 2.30. The minimum absolute atomic E-state index is 0.103. The number of sulfonamides is 1. The largest absolute Gasteiger partial charge is 0.293 e. The van der Waals surface area contributed by atoms with Gasteiger partial charge in [0.25, 0.3) is 21.6 Å². The van der Waals surface area contributed by atoms with Gasteiger partial charge >= 0.3 is 0 Å². The Hall–Kier alpha value is -2.69. The van der Waals surface area contributed by atoms with Gasteiger partial charge in [-0.1, -0.05) is 23.7 Å². The maximum Gasteiger partial charge on any atom is 0.289 e. The third kappa shape index (κ3) is 4.05. The molecule has 2 aromatic rings. The molecule has 0 spiro atoms. The van der Waals surface area contributed by atoms with Gasteiger partial charge in [-0.3, -0.25) is 24.6 Å². The summed E-state index contributed by atoms with van der Waals surface area (Å²) >= 11 is 5.79. The topological polar surface area (TPSA) is 136 Å². The zero-order valence-electron chi connectivity index (χ0n) is 12.6. The first-order valence-electron chi connectivity index (χ1n) is 6.78. The number of benzene rings is 2. The number of nitrogens with two attached hydrogens (primary N) is 1. The highest BCUT2D eigenvalue weighted by molar-refractivity contribution is 7.93. The zero-order valence-corrected chi connectivity index (χ0v) is 14.2. The fraction of sp³-hybridized carbons (Fsp3) is 0.0714. The maximum absolute atomic E-state index is 13.0. The number of nitrogens with zero attached hydrogens (tertiary/aromatic N) is 2. The molecule has 0 aliphatic rings. The fourth-order valence-electron chi connectivity index (χ4n) is 2.04. The van der Waals surface area contributed by atoms with Crippen molar-refractivity contribution in [2.45, 2.75) is 4.90 Å². The Bertz CT molecular complexity index is 902. The van der Waals surface area contributed by atoms with Crippen LogP contribution in [0.5, 0.6) is 0 Å². The molecule has 0 bridgehead atoms. The Morgan fingerprint density at radius 1 is 1.20 bits per heavy atom. The van der Waals surface area contributed by atoms with Crippen LogP contribution in [-0.4, -0.2) is 25.8 Å². The van der Waals surface area contributed by atoms with Crippen molar-refractivity contribution < 1.29 is 18.1 Å².